The Hall–Kier alpha value is -3.16. The van der Waals surface area contributed by atoms with E-state index < -0.39 is 17.2 Å². The molecule has 1 fully saturated rings. The van der Waals surface area contributed by atoms with Crippen LogP contribution >= 0.6 is 0 Å². The van der Waals surface area contributed by atoms with Gasteiger partial charge in [-0.1, -0.05) is 12.1 Å². The largest absolute Gasteiger partial charge is 0.505 e. The van der Waals surface area contributed by atoms with Gasteiger partial charge < -0.3 is 15.7 Å². The molecule has 26 heavy (non-hydrogen) atoms. The Bertz CT molecular complexity index is 914. The van der Waals surface area contributed by atoms with Gasteiger partial charge >= 0.3 is 0 Å². The van der Waals surface area contributed by atoms with Crippen molar-refractivity contribution in [3.63, 3.8) is 0 Å². The first-order valence-corrected chi connectivity index (χ1v) is 8.36. The van der Waals surface area contributed by atoms with Gasteiger partial charge in [0.2, 0.25) is 5.91 Å². The number of carbonyl (C=O) groups excluding carboxylic acids is 2. The molecule has 2 amide bonds. The second kappa shape index (κ2) is 6.99. The van der Waals surface area contributed by atoms with Gasteiger partial charge in [-0.25, -0.2) is 0 Å². The molecule has 1 aliphatic rings. The van der Waals surface area contributed by atoms with Gasteiger partial charge in [0.15, 0.2) is 11.4 Å². The van der Waals surface area contributed by atoms with Crippen molar-refractivity contribution in [3.8, 4) is 11.4 Å². The number of nitrogens with two attached hydrogens (primary N) is 1. The zero-order valence-electron chi connectivity index (χ0n) is 14.4. The average molecular weight is 356 g/mol. The minimum atomic E-state index is -0.530. The number of hydrogen-bond donors (Lipinski definition) is 2. The fourth-order valence-corrected chi connectivity index (χ4v) is 3.06. The molecule has 1 saturated heterocycles. The number of aromatic hydroxyl groups is 1. The highest BCUT2D eigenvalue weighted by molar-refractivity contribution is 5.94. The number of amides is 2. The van der Waals surface area contributed by atoms with Crippen molar-refractivity contribution < 1.29 is 14.7 Å². The molecule has 3 rings (SSSR count). The molecule has 0 radical (unpaired) electrons. The first-order chi connectivity index (χ1) is 12.4. The quantitative estimate of drug-likeness (QED) is 0.834. The lowest BCUT2D eigenvalue weighted by Gasteiger charge is -2.30. The number of benzene rings is 1. The van der Waals surface area contributed by atoms with E-state index in [4.69, 9.17) is 5.73 Å². The highest BCUT2D eigenvalue weighted by atomic mass is 16.3. The normalized spacial score (nSPS) is 15.0. The topological polar surface area (TPSA) is 119 Å². The lowest BCUT2D eigenvalue weighted by Crippen LogP contribution is -2.42. The number of rotatable bonds is 3. The SMILES string of the molecule is Cc1cccc(-n2nc(C(=O)N3CCC(C(N)=O)CC3)c(O)cc2=O)c1. The predicted octanol–water partition coefficient (Wildman–Crippen LogP) is 0.584. The second-order valence-electron chi connectivity index (χ2n) is 6.44. The van der Waals surface area contributed by atoms with Crippen molar-refractivity contribution in [3.05, 3.63) is 51.9 Å². The highest BCUT2D eigenvalue weighted by Crippen LogP contribution is 2.21. The van der Waals surface area contributed by atoms with Crippen LogP contribution in [0.2, 0.25) is 0 Å². The van der Waals surface area contributed by atoms with Crippen molar-refractivity contribution >= 4 is 11.8 Å². The molecule has 2 aromatic rings. The van der Waals surface area contributed by atoms with Crippen LogP contribution in [-0.4, -0.2) is 44.7 Å². The summed E-state index contributed by atoms with van der Waals surface area (Å²) in [5.41, 5.74) is 6.03. The summed E-state index contributed by atoms with van der Waals surface area (Å²) in [5, 5.41) is 14.1. The standard InChI is InChI=1S/C18H20N4O4/c1-11-3-2-4-13(9-11)22-15(24)10-14(23)16(20-22)18(26)21-7-5-12(6-8-21)17(19)25/h2-4,9-10,12,23H,5-8H2,1H3,(H2,19,25). The predicted molar refractivity (Wildman–Crippen MR) is 94.1 cm³/mol. The molecule has 1 aromatic carbocycles. The van der Waals surface area contributed by atoms with Gasteiger partial charge in [-0.2, -0.15) is 9.78 Å². The molecule has 0 spiro atoms. The van der Waals surface area contributed by atoms with E-state index in [1.807, 2.05) is 13.0 Å². The molecule has 0 atom stereocenters. The van der Waals surface area contributed by atoms with Crippen molar-refractivity contribution in [2.75, 3.05) is 13.1 Å². The maximum Gasteiger partial charge on any atom is 0.278 e. The van der Waals surface area contributed by atoms with Crippen molar-refractivity contribution in [2.24, 2.45) is 11.7 Å². The number of piperidine rings is 1. The number of aryl methyl sites for hydroxylation is 1. The summed E-state index contributed by atoms with van der Waals surface area (Å²) in [6, 6.07) is 8.10. The summed E-state index contributed by atoms with van der Waals surface area (Å²) in [7, 11) is 0. The van der Waals surface area contributed by atoms with Crippen molar-refractivity contribution in [2.45, 2.75) is 19.8 Å². The fourth-order valence-electron chi connectivity index (χ4n) is 3.06. The van der Waals surface area contributed by atoms with Crippen LogP contribution in [-0.2, 0) is 4.79 Å². The van der Waals surface area contributed by atoms with E-state index in [0.29, 0.717) is 31.6 Å². The van der Waals surface area contributed by atoms with E-state index in [1.165, 1.54) is 4.90 Å². The van der Waals surface area contributed by atoms with Crippen molar-refractivity contribution in [1.82, 2.24) is 14.7 Å². The first kappa shape index (κ1) is 17.7. The molecule has 2 heterocycles. The minimum absolute atomic E-state index is 0.191. The summed E-state index contributed by atoms with van der Waals surface area (Å²) in [6.07, 6.45) is 0.943. The number of aromatic nitrogens is 2. The lowest BCUT2D eigenvalue weighted by molar-refractivity contribution is -0.123. The van der Waals surface area contributed by atoms with Crippen LogP contribution in [0, 0.1) is 12.8 Å². The van der Waals surface area contributed by atoms with Crippen LogP contribution in [0.4, 0.5) is 0 Å². The molecular formula is C18H20N4O4. The van der Waals surface area contributed by atoms with Crippen LogP contribution < -0.4 is 11.3 Å². The third kappa shape index (κ3) is 3.44. The third-order valence-corrected chi connectivity index (χ3v) is 4.54. The number of hydrogen-bond acceptors (Lipinski definition) is 5. The van der Waals surface area contributed by atoms with E-state index >= 15 is 0 Å². The Morgan fingerprint density at radius 2 is 1.92 bits per heavy atom. The van der Waals surface area contributed by atoms with Crippen LogP contribution in [0.15, 0.2) is 35.1 Å². The molecule has 8 heteroatoms. The van der Waals surface area contributed by atoms with Gasteiger partial charge in [0.1, 0.15) is 0 Å². The van der Waals surface area contributed by atoms with Crippen LogP contribution in [0.25, 0.3) is 5.69 Å². The van der Waals surface area contributed by atoms with Crippen LogP contribution in [0.5, 0.6) is 5.75 Å². The smallest absolute Gasteiger partial charge is 0.278 e. The number of nitrogens with zero attached hydrogens (tertiary/aromatic N) is 3. The summed E-state index contributed by atoms with van der Waals surface area (Å²) >= 11 is 0. The first-order valence-electron chi connectivity index (χ1n) is 8.36. The molecule has 0 aliphatic carbocycles. The summed E-state index contributed by atoms with van der Waals surface area (Å²) in [4.78, 5) is 37.7. The number of likely N-dealkylation sites (tertiary alicyclic amines) is 1. The zero-order valence-corrected chi connectivity index (χ0v) is 14.4. The molecule has 0 bridgehead atoms. The van der Waals surface area contributed by atoms with Gasteiger partial charge in [-0.05, 0) is 37.5 Å². The lowest BCUT2D eigenvalue weighted by atomic mass is 9.96. The van der Waals surface area contributed by atoms with E-state index in [2.05, 4.69) is 5.10 Å². The van der Waals surface area contributed by atoms with Gasteiger partial charge in [-0.15, -0.1) is 0 Å². The summed E-state index contributed by atoms with van der Waals surface area (Å²) < 4.78 is 1.09. The Kier molecular flexibility index (Phi) is 4.75. The highest BCUT2D eigenvalue weighted by Gasteiger charge is 2.29. The third-order valence-electron chi connectivity index (χ3n) is 4.54. The molecule has 3 N–H and O–H groups in total. The van der Waals surface area contributed by atoms with Gasteiger partial charge in [-0.3, -0.25) is 14.4 Å². The summed E-state index contributed by atoms with van der Waals surface area (Å²) in [5.74, 6) is -1.55. The molecule has 1 aliphatic heterocycles. The Balaban J connectivity index is 1.91. The maximum absolute atomic E-state index is 12.7. The molecular weight excluding hydrogens is 336 g/mol. The van der Waals surface area contributed by atoms with E-state index in [1.54, 1.807) is 18.2 Å². The molecule has 0 unspecified atom stereocenters. The Labute approximate surface area is 149 Å². The van der Waals surface area contributed by atoms with E-state index in [0.717, 1.165) is 16.3 Å². The number of carbonyl (C=O) groups is 2. The van der Waals surface area contributed by atoms with Crippen LogP contribution in [0.3, 0.4) is 0 Å². The van der Waals surface area contributed by atoms with Crippen LogP contribution in [0.1, 0.15) is 28.9 Å². The molecule has 0 saturated carbocycles. The number of primary amides is 1. The Morgan fingerprint density at radius 1 is 1.23 bits per heavy atom. The van der Waals surface area contributed by atoms with Gasteiger partial charge in [0.25, 0.3) is 11.5 Å². The average Bonchev–Trinajstić information content (AvgIpc) is 2.61. The van der Waals surface area contributed by atoms with Gasteiger partial charge in [0, 0.05) is 25.1 Å². The minimum Gasteiger partial charge on any atom is -0.505 e. The molecule has 8 nitrogen and oxygen atoms in total. The Morgan fingerprint density at radius 3 is 2.54 bits per heavy atom. The zero-order chi connectivity index (χ0) is 18.8. The fraction of sp³-hybridized carbons (Fsp3) is 0.333. The van der Waals surface area contributed by atoms with E-state index in [-0.39, 0.29) is 17.5 Å². The van der Waals surface area contributed by atoms with Crippen molar-refractivity contribution in [1.29, 1.82) is 0 Å². The monoisotopic (exact) mass is 356 g/mol. The summed E-state index contributed by atoms with van der Waals surface area (Å²) in [6.45, 7) is 2.57. The molecule has 1 aromatic heterocycles. The van der Waals surface area contributed by atoms with E-state index in [9.17, 15) is 19.5 Å². The second-order valence-corrected chi connectivity index (χ2v) is 6.44. The maximum atomic E-state index is 12.7. The molecule has 136 valence electrons. The van der Waals surface area contributed by atoms with Gasteiger partial charge in [0.05, 0.1) is 5.69 Å².